The minimum Gasteiger partial charge on any atom is -0.611 e. The van der Waals surface area contributed by atoms with Gasteiger partial charge in [0.2, 0.25) is 5.78 Å². The first-order valence-corrected chi connectivity index (χ1v) is 7.27. The van der Waals surface area contributed by atoms with Crippen LogP contribution in [0.15, 0.2) is 53.4 Å². The van der Waals surface area contributed by atoms with Crippen molar-refractivity contribution in [1.29, 1.82) is 0 Å². The fourth-order valence-electron chi connectivity index (χ4n) is 1.73. The Labute approximate surface area is 120 Å². The molecule has 2 rings (SSSR count). The molecule has 0 aliphatic carbocycles. The lowest BCUT2D eigenvalue weighted by atomic mass is 10.1. The molecule has 0 saturated carbocycles. The number of carbonyl (C=O) groups is 1. The van der Waals surface area contributed by atoms with E-state index in [1.165, 1.54) is 19.2 Å². The van der Waals surface area contributed by atoms with E-state index in [2.05, 4.69) is 0 Å². The van der Waals surface area contributed by atoms with Crippen molar-refractivity contribution in [3.05, 3.63) is 54.1 Å². The summed E-state index contributed by atoms with van der Waals surface area (Å²) in [4.78, 5) is 12.6. The Balaban J connectivity index is 2.12. The first-order valence-electron chi connectivity index (χ1n) is 5.95. The molecular weight excluding hydrogens is 276 g/mol. The molecule has 1 atom stereocenters. The Morgan fingerprint density at radius 1 is 1.25 bits per heavy atom. The van der Waals surface area contributed by atoms with Crippen molar-refractivity contribution in [3.8, 4) is 11.5 Å². The summed E-state index contributed by atoms with van der Waals surface area (Å²) < 4.78 is 17.0. The molecule has 4 nitrogen and oxygen atoms in total. The smallest absolute Gasteiger partial charge is 0.216 e. The molecule has 0 spiro atoms. The third-order valence-corrected chi connectivity index (χ3v) is 4.10. The van der Waals surface area contributed by atoms with Crippen molar-refractivity contribution in [2.24, 2.45) is 0 Å². The predicted octanol–water partition coefficient (Wildman–Crippen LogP) is 2.39. The summed E-state index contributed by atoms with van der Waals surface area (Å²) in [7, 11) is 1.47. The molecule has 0 fully saturated rings. The Morgan fingerprint density at radius 3 is 2.55 bits per heavy atom. The second-order valence-electron chi connectivity index (χ2n) is 4.11. The Hall–Kier alpha value is -1.98. The second kappa shape index (κ2) is 6.45. The van der Waals surface area contributed by atoms with Crippen molar-refractivity contribution in [3.63, 3.8) is 0 Å². The van der Waals surface area contributed by atoms with Gasteiger partial charge in [-0.05, 0) is 35.4 Å². The van der Waals surface area contributed by atoms with Gasteiger partial charge in [-0.2, -0.15) is 0 Å². The highest BCUT2D eigenvalue weighted by Gasteiger charge is 2.20. The van der Waals surface area contributed by atoms with E-state index in [4.69, 9.17) is 4.74 Å². The summed E-state index contributed by atoms with van der Waals surface area (Å²) in [6.07, 6.45) is 0. The maximum absolute atomic E-state index is 12.1. The van der Waals surface area contributed by atoms with Crippen molar-refractivity contribution >= 4 is 17.0 Å². The molecule has 20 heavy (non-hydrogen) atoms. The molecule has 0 bridgehead atoms. The highest BCUT2D eigenvalue weighted by atomic mass is 32.2. The fourth-order valence-corrected chi connectivity index (χ4v) is 2.75. The number of hydrogen-bond donors (Lipinski definition) is 1. The van der Waals surface area contributed by atoms with Gasteiger partial charge in [0.05, 0.1) is 12.7 Å². The fraction of sp³-hybridized carbons (Fsp3) is 0.133. The molecule has 1 N–H and O–H groups in total. The van der Waals surface area contributed by atoms with E-state index >= 15 is 0 Å². The molecule has 2 aromatic rings. The monoisotopic (exact) mass is 290 g/mol. The summed E-state index contributed by atoms with van der Waals surface area (Å²) >= 11 is -1.42. The minimum absolute atomic E-state index is 0.148. The number of methoxy groups -OCH3 is 1. The van der Waals surface area contributed by atoms with Gasteiger partial charge in [0, 0.05) is 6.07 Å². The molecule has 0 heterocycles. The number of aromatic hydroxyl groups is 1. The topological polar surface area (TPSA) is 69.6 Å². The van der Waals surface area contributed by atoms with Crippen LogP contribution in [0.1, 0.15) is 10.4 Å². The van der Waals surface area contributed by atoms with Gasteiger partial charge in [0.25, 0.3) is 0 Å². The van der Waals surface area contributed by atoms with Crippen molar-refractivity contribution < 1.29 is 19.2 Å². The predicted molar refractivity (Wildman–Crippen MR) is 76.7 cm³/mol. The van der Waals surface area contributed by atoms with Crippen molar-refractivity contribution in [2.75, 3.05) is 12.9 Å². The van der Waals surface area contributed by atoms with Gasteiger partial charge in [-0.15, -0.1) is 0 Å². The number of phenolic OH excluding ortho intramolecular Hbond substituents is 1. The molecule has 5 heteroatoms. The third-order valence-electron chi connectivity index (χ3n) is 2.77. The molecular formula is C15H14O4S. The molecule has 2 aromatic carbocycles. The molecule has 1 unspecified atom stereocenters. The van der Waals surface area contributed by atoms with Gasteiger partial charge >= 0.3 is 0 Å². The van der Waals surface area contributed by atoms with Crippen molar-refractivity contribution in [2.45, 2.75) is 4.90 Å². The highest BCUT2D eigenvalue weighted by Crippen LogP contribution is 2.24. The molecule has 0 radical (unpaired) electrons. The summed E-state index contributed by atoms with van der Waals surface area (Å²) in [6.45, 7) is 0. The largest absolute Gasteiger partial charge is 0.611 e. The lowest BCUT2D eigenvalue weighted by Crippen LogP contribution is -2.16. The van der Waals surface area contributed by atoms with E-state index < -0.39 is 11.2 Å². The molecule has 0 aliphatic heterocycles. The van der Waals surface area contributed by atoms with Crippen molar-refractivity contribution in [1.82, 2.24) is 0 Å². The average Bonchev–Trinajstić information content (AvgIpc) is 2.47. The van der Waals surface area contributed by atoms with Crippen LogP contribution < -0.4 is 4.74 Å². The van der Waals surface area contributed by atoms with Crippen LogP contribution in [0.5, 0.6) is 11.5 Å². The van der Waals surface area contributed by atoms with Crippen LogP contribution in [-0.4, -0.2) is 28.3 Å². The van der Waals surface area contributed by atoms with Crippen LogP contribution >= 0.6 is 0 Å². The summed E-state index contributed by atoms with van der Waals surface area (Å²) in [6, 6.07) is 13.2. The summed E-state index contributed by atoms with van der Waals surface area (Å²) in [5.41, 5.74) is 0.148. The Bertz CT molecular complexity index is 598. The number of benzene rings is 2. The number of hydrogen-bond acceptors (Lipinski definition) is 4. The zero-order valence-corrected chi connectivity index (χ0v) is 11.7. The molecule has 0 saturated heterocycles. The maximum Gasteiger partial charge on any atom is 0.216 e. The normalized spacial score (nSPS) is 11.9. The Morgan fingerprint density at radius 2 is 1.95 bits per heavy atom. The number of ether oxygens (including phenoxy) is 1. The molecule has 0 aromatic heterocycles. The lowest BCUT2D eigenvalue weighted by Gasteiger charge is -2.10. The number of phenols is 1. The van der Waals surface area contributed by atoms with Gasteiger partial charge < -0.3 is 14.4 Å². The number of Topliss-reactive ketones (excluding diaryl/α,β-unsaturated/α-hetero) is 1. The highest BCUT2D eigenvalue weighted by molar-refractivity contribution is 7.92. The molecule has 0 aliphatic rings. The SMILES string of the molecule is COc1ccc(C(=O)C[S+]([O-])c2ccccc2)c(O)c1. The van der Waals surface area contributed by atoms with Crippen LogP contribution in [0.2, 0.25) is 0 Å². The summed E-state index contributed by atoms with van der Waals surface area (Å²) in [5, 5.41) is 9.78. The average molecular weight is 290 g/mol. The first-order chi connectivity index (χ1) is 9.61. The minimum atomic E-state index is -1.42. The lowest BCUT2D eigenvalue weighted by molar-refractivity contribution is 0.101. The second-order valence-corrected chi connectivity index (χ2v) is 5.56. The van der Waals surface area contributed by atoms with E-state index in [0.717, 1.165) is 0 Å². The van der Waals surface area contributed by atoms with Gasteiger partial charge in [-0.3, -0.25) is 4.79 Å². The van der Waals surface area contributed by atoms with Gasteiger partial charge in [-0.1, -0.05) is 18.2 Å². The number of carbonyl (C=O) groups excluding carboxylic acids is 1. The van der Waals surface area contributed by atoms with Crippen LogP contribution in [-0.2, 0) is 11.2 Å². The van der Waals surface area contributed by atoms with Gasteiger partial charge in [0.15, 0.2) is 10.6 Å². The van der Waals surface area contributed by atoms with E-state index in [9.17, 15) is 14.5 Å². The quantitative estimate of drug-likeness (QED) is 0.678. The first kappa shape index (κ1) is 14.4. The van der Waals surface area contributed by atoms with Crippen LogP contribution in [0.3, 0.4) is 0 Å². The van der Waals surface area contributed by atoms with Crippen LogP contribution in [0, 0.1) is 0 Å². The third kappa shape index (κ3) is 3.31. The van der Waals surface area contributed by atoms with Crippen LogP contribution in [0.25, 0.3) is 0 Å². The van der Waals surface area contributed by atoms with E-state index in [1.807, 2.05) is 6.07 Å². The Kier molecular flexibility index (Phi) is 4.65. The zero-order chi connectivity index (χ0) is 14.5. The standard InChI is InChI=1S/C15H14O4S/c1-19-11-7-8-13(14(16)9-11)15(17)10-20(18)12-5-3-2-4-6-12/h2-9,16H,10H2,1H3. The number of ketones is 1. The van der Waals surface area contributed by atoms with E-state index in [0.29, 0.717) is 10.6 Å². The van der Waals surface area contributed by atoms with E-state index in [1.54, 1.807) is 30.3 Å². The van der Waals surface area contributed by atoms with Gasteiger partial charge in [0.1, 0.15) is 11.5 Å². The molecule has 104 valence electrons. The molecule has 0 amide bonds. The van der Waals surface area contributed by atoms with E-state index in [-0.39, 0.29) is 22.8 Å². The summed E-state index contributed by atoms with van der Waals surface area (Å²) in [5.74, 6) is -0.237. The van der Waals surface area contributed by atoms with Crippen LogP contribution in [0.4, 0.5) is 0 Å². The van der Waals surface area contributed by atoms with Gasteiger partial charge in [-0.25, -0.2) is 0 Å². The zero-order valence-electron chi connectivity index (χ0n) is 10.9. The maximum atomic E-state index is 12.1. The number of rotatable bonds is 5.